The Kier molecular flexibility index (Phi) is 4.58. The van der Waals surface area contributed by atoms with E-state index in [9.17, 15) is 0 Å². The van der Waals surface area contributed by atoms with Gasteiger partial charge in [-0.15, -0.1) is 0 Å². The highest BCUT2D eigenvalue weighted by molar-refractivity contribution is 5.40. The van der Waals surface area contributed by atoms with Crippen LogP contribution < -0.4 is 10.1 Å². The van der Waals surface area contributed by atoms with Crippen LogP contribution in [0.25, 0.3) is 0 Å². The van der Waals surface area contributed by atoms with Crippen molar-refractivity contribution < 1.29 is 4.74 Å². The maximum atomic E-state index is 5.82. The molecule has 0 atom stereocenters. The molecule has 0 aliphatic rings. The number of hydrogen-bond acceptors (Lipinski definition) is 4. The SMILES string of the molecule is CNCc1cnc(Oc2ccc(C(C)(C)C)cc2C)cn1. The number of nitrogens with zero attached hydrogens (tertiary/aromatic N) is 2. The molecule has 0 saturated carbocycles. The first-order valence-corrected chi connectivity index (χ1v) is 7.14. The Morgan fingerprint density at radius 1 is 1.14 bits per heavy atom. The highest BCUT2D eigenvalue weighted by Gasteiger charge is 2.15. The standard InChI is InChI=1S/C17H23N3O/c1-12-8-13(17(2,3)4)6-7-15(12)21-16-11-19-14(9-18-5)10-20-16/h6-8,10-11,18H,9H2,1-5H3. The molecule has 0 aliphatic carbocycles. The molecule has 4 heteroatoms. The lowest BCUT2D eigenvalue weighted by Crippen LogP contribution is -2.11. The lowest BCUT2D eigenvalue weighted by atomic mass is 9.86. The predicted octanol–water partition coefficient (Wildman–Crippen LogP) is 3.59. The minimum atomic E-state index is 0.137. The summed E-state index contributed by atoms with van der Waals surface area (Å²) in [5, 5.41) is 3.04. The van der Waals surface area contributed by atoms with Gasteiger partial charge in [-0.3, -0.25) is 4.98 Å². The molecular formula is C17H23N3O. The molecule has 4 nitrogen and oxygen atoms in total. The van der Waals surface area contributed by atoms with Crippen LogP contribution >= 0.6 is 0 Å². The second kappa shape index (κ2) is 6.22. The summed E-state index contributed by atoms with van der Waals surface area (Å²) in [6.45, 7) is 9.36. The Balaban J connectivity index is 2.16. The lowest BCUT2D eigenvalue weighted by molar-refractivity contribution is 0.454. The van der Waals surface area contributed by atoms with Crippen molar-refractivity contribution in [2.75, 3.05) is 7.05 Å². The molecule has 0 saturated heterocycles. The molecule has 0 aliphatic heterocycles. The fourth-order valence-corrected chi connectivity index (χ4v) is 2.01. The number of hydrogen-bond donors (Lipinski definition) is 1. The Hall–Kier alpha value is -1.94. The van der Waals surface area contributed by atoms with Gasteiger partial charge in [-0.25, -0.2) is 4.98 Å². The van der Waals surface area contributed by atoms with Gasteiger partial charge in [0.15, 0.2) is 0 Å². The molecule has 1 aromatic heterocycles. The highest BCUT2D eigenvalue weighted by Crippen LogP contribution is 2.29. The van der Waals surface area contributed by atoms with Gasteiger partial charge < -0.3 is 10.1 Å². The molecule has 2 aromatic rings. The van der Waals surface area contributed by atoms with Crippen molar-refractivity contribution in [3.63, 3.8) is 0 Å². The first-order chi connectivity index (χ1) is 9.90. The van der Waals surface area contributed by atoms with Gasteiger partial charge in [0, 0.05) is 6.54 Å². The number of ether oxygens (including phenoxy) is 1. The third-order valence-corrected chi connectivity index (χ3v) is 3.30. The minimum absolute atomic E-state index is 0.137. The normalized spacial score (nSPS) is 11.5. The summed E-state index contributed by atoms with van der Waals surface area (Å²) < 4.78 is 5.82. The third-order valence-electron chi connectivity index (χ3n) is 3.30. The molecule has 1 aromatic carbocycles. The van der Waals surface area contributed by atoms with Crippen LogP contribution in [0.5, 0.6) is 11.6 Å². The molecule has 2 rings (SSSR count). The van der Waals surface area contributed by atoms with E-state index in [4.69, 9.17) is 4.74 Å². The molecule has 21 heavy (non-hydrogen) atoms. The molecule has 1 heterocycles. The van der Waals surface area contributed by atoms with E-state index in [0.29, 0.717) is 12.4 Å². The van der Waals surface area contributed by atoms with Gasteiger partial charge in [-0.05, 0) is 36.6 Å². The van der Waals surface area contributed by atoms with Gasteiger partial charge in [0.25, 0.3) is 0 Å². The van der Waals surface area contributed by atoms with Crippen molar-refractivity contribution in [1.29, 1.82) is 0 Å². The molecule has 0 bridgehead atoms. The van der Waals surface area contributed by atoms with Gasteiger partial charge >= 0.3 is 0 Å². The first-order valence-electron chi connectivity index (χ1n) is 7.14. The van der Waals surface area contributed by atoms with Crippen molar-refractivity contribution in [2.24, 2.45) is 0 Å². The monoisotopic (exact) mass is 285 g/mol. The average Bonchev–Trinajstić information content (AvgIpc) is 2.42. The van der Waals surface area contributed by atoms with Crippen molar-refractivity contribution in [1.82, 2.24) is 15.3 Å². The van der Waals surface area contributed by atoms with E-state index in [-0.39, 0.29) is 5.41 Å². The zero-order valence-corrected chi connectivity index (χ0v) is 13.4. The topological polar surface area (TPSA) is 47.0 Å². The molecule has 0 spiro atoms. The summed E-state index contributed by atoms with van der Waals surface area (Å²) in [7, 11) is 1.88. The van der Waals surface area contributed by atoms with Crippen LogP contribution in [0.4, 0.5) is 0 Å². The van der Waals surface area contributed by atoms with Crippen LogP contribution in [0.2, 0.25) is 0 Å². The molecule has 0 fully saturated rings. The number of rotatable bonds is 4. The zero-order chi connectivity index (χ0) is 15.5. The maximum absolute atomic E-state index is 5.82. The molecule has 0 unspecified atom stereocenters. The Labute approximate surface area is 126 Å². The Bertz CT molecular complexity index is 600. The first kappa shape index (κ1) is 15.4. The van der Waals surface area contributed by atoms with Crippen molar-refractivity contribution in [3.8, 4) is 11.6 Å². The summed E-state index contributed by atoms with van der Waals surface area (Å²) in [5.74, 6) is 1.33. The van der Waals surface area contributed by atoms with Crippen molar-refractivity contribution in [2.45, 2.75) is 39.7 Å². The fraction of sp³-hybridized carbons (Fsp3) is 0.412. The van der Waals surface area contributed by atoms with Crippen molar-refractivity contribution >= 4 is 0 Å². The number of benzene rings is 1. The van der Waals surface area contributed by atoms with E-state index in [0.717, 1.165) is 17.0 Å². The van der Waals surface area contributed by atoms with Crippen LogP contribution in [-0.4, -0.2) is 17.0 Å². The van der Waals surface area contributed by atoms with E-state index >= 15 is 0 Å². The van der Waals surface area contributed by atoms with E-state index in [2.05, 4.69) is 48.2 Å². The Morgan fingerprint density at radius 2 is 1.90 bits per heavy atom. The van der Waals surface area contributed by atoms with E-state index in [1.807, 2.05) is 20.0 Å². The van der Waals surface area contributed by atoms with Gasteiger partial charge in [-0.1, -0.05) is 32.9 Å². The molecule has 0 amide bonds. The zero-order valence-electron chi connectivity index (χ0n) is 13.4. The van der Waals surface area contributed by atoms with Crippen LogP contribution in [0.15, 0.2) is 30.6 Å². The smallest absolute Gasteiger partial charge is 0.237 e. The predicted molar refractivity (Wildman–Crippen MR) is 84.7 cm³/mol. The number of aromatic nitrogens is 2. The van der Waals surface area contributed by atoms with Crippen molar-refractivity contribution in [3.05, 3.63) is 47.4 Å². The molecule has 0 radical (unpaired) electrons. The molecule has 1 N–H and O–H groups in total. The van der Waals surface area contributed by atoms with E-state index < -0.39 is 0 Å². The van der Waals surface area contributed by atoms with Gasteiger partial charge in [0.1, 0.15) is 5.75 Å². The second-order valence-electron chi connectivity index (χ2n) is 6.21. The van der Waals surface area contributed by atoms with Gasteiger partial charge in [-0.2, -0.15) is 0 Å². The highest BCUT2D eigenvalue weighted by atomic mass is 16.5. The molecule has 112 valence electrons. The van der Waals surface area contributed by atoms with E-state index in [1.165, 1.54) is 5.56 Å². The van der Waals surface area contributed by atoms with Crippen LogP contribution in [-0.2, 0) is 12.0 Å². The third kappa shape index (κ3) is 4.02. The second-order valence-corrected chi connectivity index (χ2v) is 6.21. The summed E-state index contributed by atoms with van der Waals surface area (Å²) in [6.07, 6.45) is 3.38. The minimum Gasteiger partial charge on any atom is -0.437 e. The Morgan fingerprint density at radius 3 is 2.43 bits per heavy atom. The number of nitrogens with one attached hydrogen (secondary N) is 1. The quantitative estimate of drug-likeness (QED) is 0.932. The summed E-state index contributed by atoms with van der Waals surface area (Å²) in [5.41, 5.74) is 3.42. The molecular weight excluding hydrogens is 262 g/mol. The lowest BCUT2D eigenvalue weighted by Gasteiger charge is -2.20. The summed E-state index contributed by atoms with van der Waals surface area (Å²) in [4.78, 5) is 8.58. The van der Waals surface area contributed by atoms with Crippen LogP contribution in [0.3, 0.4) is 0 Å². The number of aryl methyl sites for hydroxylation is 1. The van der Waals surface area contributed by atoms with Gasteiger partial charge in [0.05, 0.1) is 18.1 Å². The van der Waals surface area contributed by atoms with Gasteiger partial charge in [0.2, 0.25) is 5.88 Å². The largest absolute Gasteiger partial charge is 0.437 e. The van der Waals surface area contributed by atoms with E-state index in [1.54, 1.807) is 12.4 Å². The average molecular weight is 285 g/mol. The fourth-order valence-electron chi connectivity index (χ4n) is 2.01. The van der Waals surface area contributed by atoms with Crippen LogP contribution in [0.1, 0.15) is 37.6 Å². The summed E-state index contributed by atoms with van der Waals surface area (Å²) >= 11 is 0. The summed E-state index contributed by atoms with van der Waals surface area (Å²) in [6, 6.07) is 6.27. The maximum Gasteiger partial charge on any atom is 0.237 e. The van der Waals surface area contributed by atoms with Crippen LogP contribution in [0, 0.1) is 6.92 Å².